The molecule has 244 valence electrons. The minimum Gasteiger partial charge on any atom is -0.461 e. The maximum atomic E-state index is 16.8. The first kappa shape index (κ1) is 30.1. The minimum atomic E-state index is -1.12. The predicted molar refractivity (Wildman–Crippen MR) is 167 cm³/mol. The second kappa shape index (κ2) is 11.2. The van der Waals surface area contributed by atoms with Crippen molar-refractivity contribution in [2.75, 3.05) is 50.8 Å². The third kappa shape index (κ3) is 4.93. The number of alkyl halides is 1. The van der Waals surface area contributed by atoms with Gasteiger partial charge >= 0.3 is 6.01 Å². The van der Waals surface area contributed by atoms with E-state index in [0.29, 0.717) is 30.4 Å². The number of amides is 1. The molecule has 12 heteroatoms. The highest BCUT2D eigenvalue weighted by molar-refractivity contribution is 5.95. The molecular weight excluding hydrogens is 612 g/mol. The summed E-state index contributed by atoms with van der Waals surface area (Å²) in [5.41, 5.74) is 1.87. The topological polar surface area (TPSA) is 66.2 Å². The average molecular weight is 647 g/mol. The summed E-state index contributed by atoms with van der Waals surface area (Å²) >= 11 is 0. The number of hydrogen-bond donors (Lipinski definition) is 0. The summed E-state index contributed by atoms with van der Waals surface area (Å²) in [7, 11) is 0. The highest BCUT2D eigenvalue weighted by atomic mass is 19.1. The highest BCUT2D eigenvalue weighted by Gasteiger charge is 2.50. The van der Waals surface area contributed by atoms with Crippen molar-refractivity contribution in [3.63, 3.8) is 0 Å². The molecular formula is C35H34F4N6O2. The molecule has 3 aromatic rings. The van der Waals surface area contributed by atoms with Crippen molar-refractivity contribution in [1.82, 2.24) is 19.8 Å². The molecule has 3 aliphatic heterocycles. The number of fused-ring (bicyclic) bond motifs is 5. The van der Waals surface area contributed by atoms with Gasteiger partial charge in [0.1, 0.15) is 36.0 Å². The van der Waals surface area contributed by atoms with Crippen LogP contribution in [0.2, 0.25) is 0 Å². The first-order chi connectivity index (χ1) is 22.7. The number of ether oxygens (including phenoxy) is 1. The quantitative estimate of drug-likeness (QED) is 0.189. The number of benzene rings is 2. The number of halogens is 4. The molecule has 0 N–H and O–H groups in total. The van der Waals surface area contributed by atoms with Crippen LogP contribution in [0.1, 0.15) is 42.7 Å². The Morgan fingerprint density at radius 1 is 1.19 bits per heavy atom. The molecule has 8 rings (SSSR count). The molecule has 47 heavy (non-hydrogen) atoms. The van der Waals surface area contributed by atoms with Crippen LogP contribution >= 0.6 is 0 Å². The van der Waals surface area contributed by atoms with Crippen molar-refractivity contribution in [2.24, 2.45) is 5.92 Å². The van der Waals surface area contributed by atoms with E-state index in [1.54, 1.807) is 11.0 Å². The molecule has 2 aromatic carbocycles. The number of hydrogen-bond acceptors (Lipinski definition) is 6. The number of anilines is 1. The summed E-state index contributed by atoms with van der Waals surface area (Å²) in [4.78, 5) is 30.2. The molecule has 4 heterocycles. The first-order valence-corrected chi connectivity index (χ1v) is 16.2. The summed E-state index contributed by atoms with van der Waals surface area (Å²) in [5, 5.41) is 0.119. The van der Waals surface area contributed by atoms with E-state index in [-0.39, 0.29) is 61.1 Å². The van der Waals surface area contributed by atoms with E-state index in [1.807, 2.05) is 12.1 Å². The van der Waals surface area contributed by atoms with Gasteiger partial charge in [-0.05, 0) is 66.8 Å². The monoisotopic (exact) mass is 646 g/mol. The molecule has 0 spiro atoms. The van der Waals surface area contributed by atoms with Crippen LogP contribution in [0.25, 0.3) is 26.9 Å². The van der Waals surface area contributed by atoms with Gasteiger partial charge in [-0.15, -0.1) is 0 Å². The van der Waals surface area contributed by atoms with E-state index in [0.717, 1.165) is 43.4 Å². The van der Waals surface area contributed by atoms with E-state index in [2.05, 4.69) is 26.3 Å². The maximum absolute atomic E-state index is 16.8. The lowest BCUT2D eigenvalue weighted by Crippen LogP contribution is -2.56. The average Bonchev–Trinajstić information content (AvgIpc) is 3.39. The molecule has 4 fully saturated rings. The van der Waals surface area contributed by atoms with Gasteiger partial charge < -0.3 is 19.4 Å². The van der Waals surface area contributed by atoms with Crippen LogP contribution in [-0.2, 0) is 11.2 Å². The molecule has 5 atom stereocenters. The van der Waals surface area contributed by atoms with Gasteiger partial charge in [0.05, 0.1) is 11.1 Å². The summed E-state index contributed by atoms with van der Waals surface area (Å²) < 4.78 is 67.4. The van der Waals surface area contributed by atoms with Gasteiger partial charge in [0.25, 0.3) is 5.91 Å². The molecule has 5 aliphatic rings. The van der Waals surface area contributed by atoms with Crippen molar-refractivity contribution < 1.29 is 27.1 Å². The van der Waals surface area contributed by atoms with Crippen LogP contribution in [0.15, 0.2) is 36.7 Å². The molecule has 0 bridgehead atoms. The van der Waals surface area contributed by atoms with Crippen LogP contribution in [0.5, 0.6) is 6.01 Å². The second-order valence-electron chi connectivity index (χ2n) is 13.7. The summed E-state index contributed by atoms with van der Waals surface area (Å²) in [6.45, 7) is 11.9. The fraction of sp³-hybridized carbons (Fsp3) is 0.486. The van der Waals surface area contributed by atoms with Crippen LogP contribution in [0.4, 0.5) is 23.4 Å². The summed E-state index contributed by atoms with van der Waals surface area (Å²) in [6, 6.07) is 6.04. The van der Waals surface area contributed by atoms with Crippen molar-refractivity contribution in [3.05, 3.63) is 70.8 Å². The molecule has 1 aromatic heterocycles. The Morgan fingerprint density at radius 2 is 2.04 bits per heavy atom. The molecule has 3 saturated heterocycles. The fourth-order valence-corrected chi connectivity index (χ4v) is 8.62. The number of piperazine rings is 1. The van der Waals surface area contributed by atoms with Crippen molar-refractivity contribution in [1.29, 1.82) is 0 Å². The Kier molecular flexibility index (Phi) is 7.17. The molecule has 0 unspecified atom stereocenters. The van der Waals surface area contributed by atoms with E-state index in [9.17, 15) is 13.6 Å². The second-order valence-corrected chi connectivity index (χ2v) is 13.7. The Balaban J connectivity index is 1.22. The minimum absolute atomic E-state index is 0.0428. The number of carbonyl (C=O) groups excluding carboxylic acids is 1. The van der Waals surface area contributed by atoms with Crippen LogP contribution in [0.3, 0.4) is 0 Å². The number of rotatable bonds is 7. The largest absolute Gasteiger partial charge is 0.461 e. The van der Waals surface area contributed by atoms with Crippen molar-refractivity contribution >= 4 is 22.6 Å². The van der Waals surface area contributed by atoms with Crippen LogP contribution in [0, 0.1) is 24.1 Å². The van der Waals surface area contributed by atoms with Crippen LogP contribution in [-0.4, -0.2) is 89.3 Å². The first-order valence-electron chi connectivity index (χ1n) is 16.2. The third-order valence-corrected chi connectivity index (χ3v) is 10.9. The van der Waals surface area contributed by atoms with Gasteiger partial charge in [-0.25, -0.2) is 24.1 Å². The van der Waals surface area contributed by atoms with E-state index >= 15 is 8.78 Å². The lowest BCUT2D eigenvalue weighted by atomic mass is 9.93. The zero-order valence-electron chi connectivity index (χ0n) is 25.8. The SMILES string of the molecule is [C-]#[N+]C[C@H]1CN(c2nc(OC[C@@]34CCCN3C[C@H](F)C4)nc3c(F)c(-c4cccc5c4C[C@H]4C[C@@H]54)c(F)cc23)CCN1C(=O)C(=C)F. The molecule has 0 radical (unpaired) electrons. The maximum Gasteiger partial charge on any atom is 0.319 e. The zero-order chi connectivity index (χ0) is 32.6. The molecule has 1 saturated carbocycles. The smallest absolute Gasteiger partial charge is 0.319 e. The Bertz CT molecular complexity index is 1860. The lowest BCUT2D eigenvalue weighted by Gasteiger charge is -2.39. The lowest BCUT2D eigenvalue weighted by molar-refractivity contribution is -0.131. The Labute approximate surface area is 269 Å². The number of aromatic nitrogens is 2. The van der Waals surface area contributed by atoms with Gasteiger partial charge in [0.15, 0.2) is 11.6 Å². The van der Waals surface area contributed by atoms with E-state index in [4.69, 9.17) is 11.3 Å². The van der Waals surface area contributed by atoms with Crippen molar-refractivity contribution in [3.8, 4) is 17.1 Å². The Hall–Kier alpha value is -4.24. The number of nitrogens with zero attached hydrogens (tertiary/aromatic N) is 6. The van der Waals surface area contributed by atoms with Crippen LogP contribution < -0.4 is 9.64 Å². The van der Waals surface area contributed by atoms with Gasteiger partial charge in [-0.1, -0.05) is 24.8 Å². The van der Waals surface area contributed by atoms with Gasteiger partial charge in [-0.2, -0.15) is 9.97 Å². The summed E-state index contributed by atoms with van der Waals surface area (Å²) in [5.74, 6) is -2.44. The zero-order valence-corrected chi connectivity index (χ0v) is 25.8. The highest BCUT2D eigenvalue weighted by Crippen LogP contribution is 2.58. The fourth-order valence-electron chi connectivity index (χ4n) is 8.62. The van der Waals surface area contributed by atoms with E-state index in [1.165, 1.54) is 11.0 Å². The van der Waals surface area contributed by atoms with Gasteiger partial charge in [0, 0.05) is 38.0 Å². The normalized spacial score (nSPS) is 27.8. The van der Waals surface area contributed by atoms with Crippen molar-refractivity contribution in [2.45, 2.75) is 55.8 Å². The number of carbonyl (C=O) groups is 1. The summed E-state index contributed by atoms with van der Waals surface area (Å²) in [6.07, 6.45) is 2.91. The van der Waals surface area contributed by atoms with E-state index < -0.39 is 41.1 Å². The molecule has 1 amide bonds. The molecule has 8 nitrogen and oxygen atoms in total. The Morgan fingerprint density at radius 3 is 2.85 bits per heavy atom. The molecule has 2 aliphatic carbocycles. The third-order valence-electron chi connectivity index (χ3n) is 10.9. The predicted octanol–water partition coefficient (Wildman–Crippen LogP) is 5.61. The van der Waals surface area contributed by atoms with Gasteiger partial charge in [0.2, 0.25) is 6.54 Å². The van der Waals surface area contributed by atoms with Gasteiger partial charge in [-0.3, -0.25) is 9.69 Å². The standard InChI is InChI=1S/C35H34F4N6O2/c1-19(36)33(46)45-10-9-43(17-22(45)15-40-2)32-27-13-28(38)29(24-6-3-5-23-25-11-20(25)12-26(23)24)30(39)31(27)41-34(42-32)47-18-35-7-4-8-44(35)16-21(37)14-35/h3,5-6,13,20-22,25H,1,4,7-12,14-18H2/t20-,21-,22+,25-,35+/m1/s1.